The molecule has 0 atom stereocenters. The summed E-state index contributed by atoms with van der Waals surface area (Å²) >= 11 is -0.826. The van der Waals surface area contributed by atoms with Gasteiger partial charge in [-0.2, -0.15) is 18.1 Å². The Labute approximate surface area is 227 Å². The molecule has 0 heterocycles. The van der Waals surface area contributed by atoms with Crippen LogP contribution < -0.4 is 0 Å². The van der Waals surface area contributed by atoms with Crippen molar-refractivity contribution in [3.8, 4) is 0 Å². The van der Waals surface area contributed by atoms with Crippen LogP contribution in [0.4, 0.5) is 0 Å². The van der Waals surface area contributed by atoms with E-state index in [1.807, 2.05) is 0 Å². The van der Waals surface area contributed by atoms with Crippen LogP contribution in [0, 0.1) is 6.42 Å². The Bertz CT molecular complexity index is 1260. The molecule has 0 N–H and O–H groups in total. The predicted molar refractivity (Wildman–Crippen MR) is 148 cm³/mol. The van der Waals surface area contributed by atoms with Crippen LogP contribution >= 0.6 is 17.0 Å². The number of hydrogen-bond acceptors (Lipinski definition) is 0. The van der Waals surface area contributed by atoms with E-state index in [2.05, 4.69) is 116 Å². The molecule has 2 aliphatic carbocycles. The van der Waals surface area contributed by atoms with Gasteiger partial charge in [-0.25, -0.2) is 0 Å². The fourth-order valence-electron chi connectivity index (χ4n) is 5.10. The Morgan fingerprint density at radius 2 is 1.11 bits per heavy atom. The van der Waals surface area contributed by atoms with E-state index < -0.39 is 20.8 Å². The molecule has 0 radical (unpaired) electrons. The van der Waals surface area contributed by atoms with Gasteiger partial charge in [0.25, 0.3) is 0 Å². The van der Waals surface area contributed by atoms with Crippen molar-refractivity contribution in [2.75, 3.05) is 0 Å². The first-order valence-corrected chi connectivity index (χ1v) is 18.1. The topological polar surface area (TPSA) is 0 Å². The molecular formula is C32H25Cl2Zr-. The SMILES string of the molecule is C1=C(c2ccccc2)Cc2c1cccc2[CH-]Cc1cccc2c1CC(c1ccccc1)=C2.[Cl][Zr][Cl]. The van der Waals surface area contributed by atoms with Gasteiger partial charge in [0.05, 0.1) is 0 Å². The second kappa shape index (κ2) is 11.6. The van der Waals surface area contributed by atoms with Gasteiger partial charge >= 0.3 is 37.9 Å². The number of benzene rings is 4. The van der Waals surface area contributed by atoms with Crippen molar-refractivity contribution in [3.63, 3.8) is 0 Å². The zero-order valence-electron chi connectivity index (χ0n) is 19.3. The average molecular weight is 572 g/mol. The average Bonchev–Trinajstić information content (AvgIpc) is 3.54. The van der Waals surface area contributed by atoms with E-state index in [-0.39, 0.29) is 0 Å². The van der Waals surface area contributed by atoms with Crippen molar-refractivity contribution in [1.29, 1.82) is 0 Å². The van der Waals surface area contributed by atoms with E-state index >= 15 is 0 Å². The molecule has 0 spiro atoms. The molecule has 0 aromatic heterocycles. The fourth-order valence-corrected chi connectivity index (χ4v) is 5.10. The summed E-state index contributed by atoms with van der Waals surface area (Å²) in [6, 6.07) is 35.0. The first-order valence-electron chi connectivity index (χ1n) is 11.8. The number of halogens is 2. The molecule has 4 aromatic carbocycles. The molecule has 0 amide bonds. The van der Waals surface area contributed by atoms with Crippen LogP contribution in [-0.2, 0) is 40.1 Å². The molecule has 3 heteroatoms. The minimum atomic E-state index is -0.826. The van der Waals surface area contributed by atoms with Gasteiger partial charge in [-0.3, -0.25) is 0 Å². The molecule has 2 aliphatic rings. The van der Waals surface area contributed by atoms with Crippen molar-refractivity contribution < 1.29 is 20.8 Å². The molecule has 0 aliphatic heterocycles. The van der Waals surface area contributed by atoms with Crippen LogP contribution in [0.25, 0.3) is 23.3 Å². The van der Waals surface area contributed by atoms with Crippen molar-refractivity contribution in [2.45, 2.75) is 19.3 Å². The van der Waals surface area contributed by atoms with Gasteiger partial charge in [-0.05, 0) is 46.2 Å². The zero-order valence-corrected chi connectivity index (χ0v) is 23.3. The molecule has 0 saturated carbocycles. The van der Waals surface area contributed by atoms with Crippen LogP contribution in [0.15, 0.2) is 97.1 Å². The van der Waals surface area contributed by atoms with Crippen LogP contribution in [-0.4, -0.2) is 0 Å². The summed E-state index contributed by atoms with van der Waals surface area (Å²) in [6.07, 6.45) is 10.2. The summed E-state index contributed by atoms with van der Waals surface area (Å²) in [5.74, 6) is 0. The van der Waals surface area contributed by atoms with E-state index in [0.29, 0.717) is 0 Å². The van der Waals surface area contributed by atoms with Crippen molar-refractivity contribution in [1.82, 2.24) is 0 Å². The van der Waals surface area contributed by atoms with Crippen LogP contribution in [0.1, 0.15) is 44.5 Å². The van der Waals surface area contributed by atoms with Crippen LogP contribution in [0.3, 0.4) is 0 Å². The summed E-state index contributed by atoms with van der Waals surface area (Å²) < 4.78 is 0. The first-order chi connectivity index (χ1) is 17.3. The van der Waals surface area contributed by atoms with Crippen molar-refractivity contribution in [2.24, 2.45) is 0 Å². The van der Waals surface area contributed by atoms with E-state index in [9.17, 15) is 0 Å². The molecule has 6 rings (SSSR count). The standard InChI is InChI=1S/C32H25.2ClH.Zr/c1-3-9-23(10-4-1)29-19-27-15-7-13-25(31(27)21-29)17-18-26-14-8-16-28-20-30(22-32(26)28)24-11-5-2-6-12-24;;;/h1-17,19-20H,18,21-22H2;2*1H;/q-1;;;+2/p-2. The second-order valence-corrected chi connectivity index (χ2v) is 12.5. The number of allylic oxidation sites excluding steroid dienone is 2. The fraction of sp³-hybridized carbons (Fsp3) is 0.0938. The first kappa shape index (κ1) is 24.4. The van der Waals surface area contributed by atoms with Crippen molar-refractivity contribution in [3.05, 3.63) is 148 Å². The molecule has 4 aromatic rings. The Morgan fingerprint density at radius 1 is 0.600 bits per heavy atom. The summed E-state index contributed by atoms with van der Waals surface area (Å²) in [4.78, 5) is 0. The second-order valence-electron chi connectivity index (χ2n) is 8.80. The molecule has 0 nitrogen and oxygen atoms in total. The molecule has 0 saturated heterocycles. The monoisotopic (exact) mass is 569 g/mol. The Hall–Kier alpha value is -2.31. The van der Waals surface area contributed by atoms with Gasteiger partial charge in [0.15, 0.2) is 0 Å². The quantitative estimate of drug-likeness (QED) is 0.210. The molecule has 0 unspecified atom stereocenters. The zero-order chi connectivity index (χ0) is 24.0. The molecular weight excluding hydrogens is 546 g/mol. The third-order valence-electron chi connectivity index (χ3n) is 6.78. The van der Waals surface area contributed by atoms with Gasteiger partial charge in [0, 0.05) is 0 Å². The number of rotatable bonds is 5. The summed E-state index contributed by atoms with van der Waals surface area (Å²) in [5, 5.41) is 0. The summed E-state index contributed by atoms with van der Waals surface area (Å²) in [7, 11) is 9.87. The minimum absolute atomic E-state index is 0.826. The molecule has 0 fully saturated rings. The van der Waals surface area contributed by atoms with E-state index in [4.69, 9.17) is 17.0 Å². The van der Waals surface area contributed by atoms with E-state index in [1.165, 1.54) is 55.7 Å². The van der Waals surface area contributed by atoms with Crippen LogP contribution in [0.2, 0.25) is 0 Å². The summed E-state index contributed by atoms with van der Waals surface area (Å²) in [5.41, 5.74) is 14.0. The van der Waals surface area contributed by atoms with Gasteiger partial charge in [0.2, 0.25) is 0 Å². The third-order valence-corrected chi connectivity index (χ3v) is 6.78. The van der Waals surface area contributed by atoms with Gasteiger partial charge in [-0.15, -0.1) is 11.6 Å². The van der Waals surface area contributed by atoms with Gasteiger partial charge in [0.1, 0.15) is 0 Å². The maximum atomic E-state index is 4.93. The number of hydrogen-bond donors (Lipinski definition) is 0. The Kier molecular flexibility index (Phi) is 8.10. The normalized spacial score (nSPS) is 13.1. The Morgan fingerprint density at radius 3 is 1.71 bits per heavy atom. The van der Waals surface area contributed by atoms with Gasteiger partial charge in [-0.1, -0.05) is 115 Å². The summed E-state index contributed by atoms with van der Waals surface area (Å²) in [6.45, 7) is 0. The maximum absolute atomic E-state index is 4.93. The molecule has 35 heavy (non-hydrogen) atoms. The number of fused-ring (bicyclic) bond motifs is 2. The Balaban J connectivity index is 0.000000806. The van der Waals surface area contributed by atoms with Gasteiger partial charge < -0.3 is 0 Å². The van der Waals surface area contributed by atoms with Crippen LogP contribution in [0.5, 0.6) is 0 Å². The van der Waals surface area contributed by atoms with E-state index in [0.717, 1.165) is 19.3 Å². The van der Waals surface area contributed by atoms with E-state index in [1.54, 1.807) is 0 Å². The predicted octanol–water partition coefficient (Wildman–Crippen LogP) is 9.05. The molecule has 172 valence electrons. The third kappa shape index (κ3) is 5.59. The van der Waals surface area contributed by atoms with Crippen molar-refractivity contribution >= 4 is 40.3 Å². The molecule has 0 bridgehead atoms.